The van der Waals surface area contributed by atoms with Gasteiger partial charge in [0.1, 0.15) is 6.04 Å². The highest BCUT2D eigenvalue weighted by Gasteiger charge is 2.50. The van der Waals surface area contributed by atoms with E-state index in [0.29, 0.717) is 30.3 Å². The number of fused-ring (bicyclic) bond motifs is 2. The summed E-state index contributed by atoms with van der Waals surface area (Å²) in [7, 11) is -1.82. The van der Waals surface area contributed by atoms with Crippen LogP contribution in [0.2, 0.25) is 0 Å². The molecule has 73 heavy (non-hydrogen) atoms. The number of piperazine rings is 1. The summed E-state index contributed by atoms with van der Waals surface area (Å²) < 4.78 is 42.3. The highest BCUT2D eigenvalue weighted by molar-refractivity contribution is 7.52. The second-order valence-corrected chi connectivity index (χ2v) is 22.7. The Morgan fingerprint density at radius 3 is 2.18 bits per heavy atom. The Morgan fingerprint density at radius 1 is 0.877 bits per heavy atom. The van der Waals surface area contributed by atoms with Gasteiger partial charge in [0, 0.05) is 63.0 Å². The van der Waals surface area contributed by atoms with Crippen molar-refractivity contribution in [3.05, 3.63) is 105 Å². The van der Waals surface area contributed by atoms with Crippen molar-refractivity contribution in [1.82, 2.24) is 39.4 Å². The predicted octanol–water partition coefficient (Wildman–Crippen LogP) is 6.82. The number of imidazole rings is 1. The van der Waals surface area contributed by atoms with Gasteiger partial charge < -0.3 is 24.9 Å². The minimum atomic E-state index is -5.66. The number of amides is 5. The number of aromatic nitrogens is 2. The predicted molar refractivity (Wildman–Crippen MR) is 278 cm³/mol. The summed E-state index contributed by atoms with van der Waals surface area (Å²) in [6, 6.07) is 20.6. The molecule has 2 unspecified atom stereocenters. The number of piperidine rings is 2. The molecular formula is C52H69F2N8O9PS. The Labute approximate surface area is 428 Å². The van der Waals surface area contributed by atoms with Gasteiger partial charge in [-0.2, -0.15) is 8.78 Å². The van der Waals surface area contributed by atoms with Crippen LogP contribution in [0, 0.1) is 11.8 Å². The van der Waals surface area contributed by atoms with Gasteiger partial charge in [-0.15, -0.1) is 11.3 Å². The van der Waals surface area contributed by atoms with Gasteiger partial charge in [-0.1, -0.05) is 70.2 Å². The average molecular weight is 1050 g/mol. The van der Waals surface area contributed by atoms with E-state index in [2.05, 4.69) is 73.4 Å². The molecule has 0 radical (unpaired) electrons. The molecule has 0 saturated carbocycles. The van der Waals surface area contributed by atoms with Crippen molar-refractivity contribution in [3.8, 4) is 0 Å². The lowest BCUT2D eigenvalue weighted by Crippen LogP contribution is -2.45. The Morgan fingerprint density at radius 2 is 1.55 bits per heavy atom. The number of halogens is 2. The fourth-order valence-electron chi connectivity index (χ4n) is 9.07. The first-order valence-corrected chi connectivity index (χ1v) is 27.2. The molecule has 6 heterocycles. The molecule has 5 amide bonds. The molecule has 0 aliphatic carbocycles. The smallest absolute Gasteiger partial charge is 0.342 e. The van der Waals surface area contributed by atoms with Crippen LogP contribution in [0.4, 0.5) is 8.78 Å². The number of aryl methyl sites for hydroxylation is 1. The number of hydrogen-bond acceptors (Lipinski definition) is 10. The van der Waals surface area contributed by atoms with Crippen LogP contribution in [0.25, 0.3) is 21.1 Å². The van der Waals surface area contributed by atoms with Crippen molar-refractivity contribution in [2.24, 2.45) is 18.9 Å². The summed E-state index contributed by atoms with van der Waals surface area (Å²) >= 11 is 1.04. The minimum absolute atomic E-state index is 0.144. The molecule has 5 aromatic rings. The van der Waals surface area contributed by atoms with Gasteiger partial charge in [0.25, 0.3) is 5.91 Å². The number of benzene rings is 3. The molecule has 4 saturated heterocycles. The lowest BCUT2D eigenvalue weighted by Gasteiger charge is -2.37. The third-order valence-corrected chi connectivity index (χ3v) is 15.4. The van der Waals surface area contributed by atoms with Crippen LogP contribution in [0.15, 0.2) is 77.6 Å². The second-order valence-electron chi connectivity index (χ2n) is 19.9. The molecule has 3 aromatic carbocycles. The van der Waals surface area contributed by atoms with E-state index in [9.17, 15) is 42.1 Å². The molecule has 0 spiro atoms. The average Bonchev–Trinajstić information content (AvgIpc) is 4.11. The van der Waals surface area contributed by atoms with Gasteiger partial charge in [-0.25, -0.2) is 4.79 Å². The van der Waals surface area contributed by atoms with Crippen LogP contribution >= 0.6 is 18.9 Å². The SMILES string of the molecule is CC(C)C.CC1CCN(Cc2ccc3c(c2)n(C)c(=O)n3C2CCC(=O)NC2=O)CC1.CN1CCN(C=O)CC1c1ccccc1.O=C(NCC(=O)N1CCCC1)c1cc2cc(C(F)(F)P(=O)(O)O)ccc2s1. The number of alkyl halides is 2. The Kier molecular flexibility index (Phi) is 19.5. The monoisotopic (exact) mass is 1050 g/mol. The van der Waals surface area contributed by atoms with Crippen molar-refractivity contribution in [1.29, 1.82) is 0 Å². The molecule has 4 aliphatic rings. The number of likely N-dealkylation sites (N-methyl/N-ethyl adjacent to an activating group) is 1. The van der Waals surface area contributed by atoms with E-state index in [4.69, 9.17) is 9.79 Å². The van der Waals surface area contributed by atoms with Gasteiger partial charge >= 0.3 is 18.9 Å². The van der Waals surface area contributed by atoms with Crippen molar-refractivity contribution in [2.45, 2.75) is 90.5 Å². The summed E-state index contributed by atoms with van der Waals surface area (Å²) in [5.74, 6) is 0.278. The molecule has 21 heteroatoms. The third kappa shape index (κ3) is 14.6. The summed E-state index contributed by atoms with van der Waals surface area (Å²) in [5, 5.41) is 5.12. The van der Waals surface area contributed by atoms with E-state index in [0.717, 1.165) is 105 Å². The maximum atomic E-state index is 13.8. The topological polar surface area (TPSA) is 207 Å². The zero-order valence-corrected chi connectivity index (χ0v) is 44.2. The lowest BCUT2D eigenvalue weighted by atomic mass is 9.99. The van der Waals surface area contributed by atoms with E-state index in [1.165, 1.54) is 40.7 Å². The summed E-state index contributed by atoms with van der Waals surface area (Å²) in [6.45, 7) is 15.7. The first-order valence-electron chi connectivity index (χ1n) is 24.8. The molecular weight excluding hydrogens is 982 g/mol. The summed E-state index contributed by atoms with van der Waals surface area (Å²) in [5.41, 5.74) is -1.32. The number of hydrogen-bond donors (Lipinski definition) is 4. The third-order valence-electron chi connectivity index (χ3n) is 13.3. The van der Waals surface area contributed by atoms with Crippen molar-refractivity contribution >= 4 is 70.1 Å². The van der Waals surface area contributed by atoms with Gasteiger partial charge in [-0.05, 0) is 111 Å². The zero-order chi connectivity index (χ0) is 53.2. The van der Waals surface area contributed by atoms with Gasteiger partial charge in [0.05, 0.1) is 28.5 Å². The Balaban J connectivity index is 0.000000179. The molecule has 0 bridgehead atoms. The molecule has 4 aliphatic heterocycles. The fourth-order valence-corrected chi connectivity index (χ4v) is 10.5. The molecule has 396 valence electrons. The molecule has 9 rings (SSSR count). The Bertz CT molecular complexity index is 2830. The molecule has 17 nitrogen and oxygen atoms in total. The highest BCUT2D eigenvalue weighted by atomic mass is 32.1. The number of nitrogens with one attached hydrogen (secondary N) is 2. The van der Waals surface area contributed by atoms with Crippen LogP contribution in [-0.2, 0) is 43.0 Å². The van der Waals surface area contributed by atoms with Crippen LogP contribution in [0.5, 0.6) is 0 Å². The van der Waals surface area contributed by atoms with E-state index < -0.39 is 36.7 Å². The maximum absolute atomic E-state index is 13.8. The number of carbonyl (C=O) groups is 5. The van der Waals surface area contributed by atoms with Gasteiger partial charge in [0.15, 0.2) is 0 Å². The van der Waals surface area contributed by atoms with Crippen LogP contribution in [0.3, 0.4) is 0 Å². The normalized spacial score (nSPS) is 19.1. The quantitative estimate of drug-likeness (QED) is 0.0649. The number of likely N-dealkylation sites (tertiary alicyclic amines) is 2. The van der Waals surface area contributed by atoms with Gasteiger partial charge in [-0.3, -0.25) is 52.8 Å². The van der Waals surface area contributed by atoms with Crippen molar-refractivity contribution in [3.63, 3.8) is 0 Å². The van der Waals surface area contributed by atoms with Crippen LogP contribution in [0.1, 0.15) is 105 Å². The number of nitrogens with zero attached hydrogens (tertiary/aromatic N) is 6. The first kappa shape index (κ1) is 56.7. The summed E-state index contributed by atoms with van der Waals surface area (Å²) in [4.78, 5) is 97.6. The Hall–Kier alpha value is -5.63. The number of carbonyl (C=O) groups excluding carboxylic acids is 5. The largest absolute Gasteiger partial charge is 0.399 e. The van der Waals surface area contributed by atoms with E-state index >= 15 is 0 Å². The van der Waals surface area contributed by atoms with E-state index in [-0.39, 0.29) is 40.7 Å². The highest BCUT2D eigenvalue weighted by Crippen LogP contribution is 2.59. The number of imide groups is 1. The molecule has 2 atom stereocenters. The van der Waals surface area contributed by atoms with Crippen LogP contribution < -0.4 is 16.3 Å². The fraction of sp³-hybridized carbons (Fsp3) is 0.500. The van der Waals surface area contributed by atoms with E-state index in [1.807, 2.05) is 35.2 Å². The van der Waals surface area contributed by atoms with Crippen molar-refractivity contribution in [2.75, 3.05) is 59.4 Å². The molecule has 2 aromatic heterocycles. The van der Waals surface area contributed by atoms with Crippen LogP contribution in [-0.4, -0.2) is 128 Å². The number of rotatable bonds is 10. The summed E-state index contributed by atoms with van der Waals surface area (Å²) in [6.07, 6.45) is 5.90. The first-order chi connectivity index (χ1) is 34.6. The standard InChI is InChI=1S/C20H26N4O3.C16H17F2N2O5PS.C12H16N2O.C4H10/c1-13-7-9-23(10-8-13)12-14-3-4-15-17(11-14)22(2)20(27)24(15)16-5-6-18(25)21-19(16)26;17-16(18,26(23,24)25)11-3-4-12-10(7-11)8-13(27-12)15(22)19-9-14(21)20-5-1-2-6-20;1-13-7-8-14(10-15)9-12(13)11-5-3-2-4-6-11;1-4(2)3/h3-4,11,13,16H,5-10,12H2,1-2H3,(H,21,25,26);3-4,7-8H,1-2,5-6,9H2,(H,19,22)(H2,23,24,25);2-6,10,12H,7-9H2,1H3;4H,1-3H3. The second kappa shape index (κ2) is 25.1. The van der Waals surface area contributed by atoms with E-state index in [1.54, 1.807) is 16.5 Å². The van der Waals surface area contributed by atoms with Gasteiger partial charge in [0.2, 0.25) is 24.1 Å². The lowest BCUT2D eigenvalue weighted by molar-refractivity contribution is -0.136. The molecule has 4 N–H and O–H groups in total. The zero-order valence-electron chi connectivity index (χ0n) is 42.5. The minimum Gasteiger partial charge on any atom is -0.342 e. The molecule has 4 fully saturated rings. The number of thiophene rings is 1. The van der Waals surface area contributed by atoms with Crippen molar-refractivity contribution < 1.29 is 47.1 Å². The maximum Gasteiger partial charge on any atom is 0.399 e.